The maximum absolute atomic E-state index is 13.5. The van der Waals surface area contributed by atoms with Crippen LogP contribution in [0.25, 0.3) is 22.0 Å². The third kappa shape index (κ3) is 5.86. The average molecular weight is 550 g/mol. The molecule has 0 radical (unpaired) electrons. The van der Waals surface area contributed by atoms with Gasteiger partial charge in [-0.3, -0.25) is 9.69 Å². The molecule has 0 bridgehead atoms. The van der Waals surface area contributed by atoms with Crippen molar-refractivity contribution in [3.8, 4) is 16.9 Å². The molecule has 0 aliphatic carbocycles. The Morgan fingerprint density at radius 2 is 1.95 bits per heavy atom. The Hall–Kier alpha value is -4.18. The standard InChI is InChI=1S/C30H30F3N5O2/c1-4-38-12-11-23(17-38)40-27-10-8-22(30(31,32)33)15-26(27)36-28(39)20-6-5-18(2)24(14-20)19-7-9-25-21(13-19)16-35-29(34-3)37-25/h5-10,13-16,23H,4,11-12,17H2,1-3H3,(H,36,39)(H,34,35,37). The second-order valence-corrected chi connectivity index (χ2v) is 9.83. The predicted octanol–water partition coefficient (Wildman–Crippen LogP) is 6.39. The van der Waals surface area contributed by atoms with Crippen LogP contribution in [0, 0.1) is 6.92 Å². The summed E-state index contributed by atoms with van der Waals surface area (Å²) >= 11 is 0. The van der Waals surface area contributed by atoms with Crippen LogP contribution in [0.3, 0.4) is 0 Å². The van der Waals surface area contributed by atoms with Gasteiger partial charge in [-0.1, -0.05) is 19.1 Å². The molecule has 1 saturated heterocycles. The first-order valence-electron chi connectivity index (χ1n) is 13.1. The summed E-state index contributed by atoms with van der Waals surface area (Å²) in [6, 6.07) is 14.1. The van der Waals surface area contributed by atoms with Crippen molar-refractivity contribution in [2.45, 2.75) is 32.5 Å². The zero-order chi connectivity index (χ0) is 28.4. The van der Waals surface area contributed by atoms with E-state index < -0.39 is 17.6 Å². The van der Waals surface area contributed by atoms with Gasteiger partial charge in [0.1, 0.15) is 11.9 Å². The van der Waals surface area contributed by atoms with Crippen LogP contribution in [0.4, 0.5) is 24.8 Å². The third-order valence-electron chi connectivity index (χ3n) is 7.14. The lowest BCUT2D eigenvalue weighted by Crippen LogP contribution is -2.25. The number of aryl methyl sites for hydroxylation is 1. The van der Waals surface area contributed by atoms with E-state index in [1.807, 2.05) is 38.1 Å². The average Bonchev–Trinajstić information content (AvgIpc) is 3.40. The van der Waals surface area contributed by atoms with Gasteiger partial charge in [-0.25, -0.2) is 9.97 Å². The first-order valence-corrected chi connectivity index (χ1v) is 13.1. The highest BCUT2D eigenvalue weighted by molar-refractivity contribution is 6.06. The van der Waals surface area contributed by atoms with E-state index in [4.69, 9.17) is 4.74 Å². The highest BCUT2D eigenvalue weighted by Crippen LogP contribution is 2.36. The minimum absolute atomic E-state index is 0.0138. The van der Waals surface area contributed by atoms with Crippen LogP contribution >= 0.6 is 0 Å². The Balaban J connectivity index is 1.44. The van der Waals surface area contributed by atoms with Crippen molar-refractivity contribution < 1.29 is 22.7 Å². The second-order valence-electron chi connectivity index (χ2n) is 9.83. The van der Waals surface area contributed by atoms with Gasteiger partial charge in [0.2, 0.25) is 5.95 Å². The molecule has 2 heterocycles. The quantitative estimate of drug-likeness (QED) is 0.278. The van der Waals surface area contributed by atoms with E-state index in [9.17, 15) is 18.0 Å². The first-order chi connectivity index (χ1) is 19.1. The van der Waals surface area contributed by atoms with Gasteiger partial charge < -0.3 is 15.4 Å². The number of hydrogen-bond donors (Lipinski definition) is 2. The summed E-state index contributed by atoms with van der Waals surface area (Å²) in [6.45, 7) is 6.38. The van der Waals surface area contributed by atoms with Gasteiger partial charge in [-0.2, -0.15) is 13.2 Å². The number of alkyl halides is 3. The van der Waals surface area contributed by atoms with Crippen molar-refractivity contribution in [2.75, 3.05) is 37.3 Å². The van der Waals surface area contributed by atoms with Crippen LogP contribution in [0.1, 0.15) is 34.8 Å². The van der Waals surface area contributed by atoms with E-state index in [0.717, 1.165) is 59.2 Å². The molecule has 5 rings (SSSR count). The number of anilines is 2. The van der Waals surface area contributed by atoms with Crippen molar-refractivity contribution in [1.82, 2.24) is 14.9 Å². The Labute approximate surface area is 230 Å². The van der Waals surface area contributed by atoms with Gasteiger partial charge in [-0.15, -0.1) is 0 Å². The SMILES string of the molecule is CCN1CCC(Oc2ccc(C(F)(F)F)cc2NC(=O)c2ccc(C)c(-c3ccc4nc(NC)ncc4c3)c2)C1. The van der Waals surface area contributed by atoms with Crippen LogP contribution < -0.4 is 15.4 Å². The molecule has 40 heavy (non-hydrogen) atoms. The summed E-state index contributed by atoms with van der Waals surface area (Å²) in [5.74, 6) is 0.200. The van der Waals surface area contributed by atoms with E-state index in [1.54, 1.807) is 25.4 Å². The number of benzene rings is 3. The third-order valence-corrected chi connectivity index (χ3v) is 7.14. The van der Waals surface area contributed by atoms with E-state index in [1.165, 1.54) is 6.07 Å². The Morgan fingerprint density at radius 3 is 2.67 bits per heavy atom. The van der Waals surface area contributed by atoms with E-state index >= 15 is 0 Å². The Morgan fingerprint density at radius 1 is 1.12 bits per heavy atom. The summed E-state index contributed by atoms with van der Waals surface area (Å²) in [6.07, 6.45) is -2.24. The summed E-state index contributed by atoms with van der Waals surface area (Å²) in [5, 5.41) is 6.43. The minimum atomic E-state index is -4.56. The normalized spacial score (nSPS) is 15.8. The fourth-order valence-corrected chi connectivity index (χ4v) is 4.86. The maximum Gasteiger partial charge on any atom is 0.416 e. The number of likely N-dealkylation sites (tertiary alicyclic amines) is 1. The lowest BCUT2D eigenvalue weighted by Gasteiger charge is -2.19. The van der Waals surface area contributed by atoms with Crippen molar-refractivity contribution in [2.24, 2.45) is 0 Å². The largest absolute Gasteiger partial charge is 0.487 e. The summed E-state index contributed by atoms with van der Waals surface area (Å²) < 4.78 is 46.7. The van der Waals surface area contributed by atoms with Crippen molar-refractivity contribution in [3.05, 3.63) is 77.5 Å². The lowest BCUT2D eigenvalue weighted by atomic mass is 9.97. The fourth-order valence-electron chi connectivity index (χ4n) is 4.86. The number of nitrogens with one attached hydrogen (secondary N) is 2. The van der Waals surface area contributed by atoms with Crippen LogP contribution in [0.15, 0.2) is 60.8 Å². The molecule has 2 N–H and O–H groups in total. The maximum atomic E-state index is 13.5. The molecule has 1 fully saturated rings. The summed E-state index contributed by atoms with van der Waals surface area (Å²) in [5.41, 5.74) is 2.83. The zero-order valence-corrected chi connectivity index (χ0v) is 22.5. The van der Waals surface area contributed by atoms with Crippen molar-refractivity contribution in [1.29, 1.82) is 0 Å². The van der Waals surface area contributed by atoms with E-state index in [2.05, 4.69) is 25.5 Å². The topological polar surface area (TPSA) is 79.4 Å². The Bertz CT molecular complexity index is 1560. The number of aromatic nitrogens is 2. The number of hydrogen-bond acceptors (Lipinski definition) is 6. The molecule has 1 atom stereocenters. The molecule has 7 nitrogen and oxygen atoms in total. The molecule has 0 spiro atoms. The number of carbonyl (C=O) groups excluding carboxylic acids is 1. The molecule has 10 heteroatoms. The zero-order valence-electron chi connectivity index (χ0n) is 22.5. The lowest BCUT2D eigenvalue weighted by molar-refractivity contribution is -0.137. The number of nitrogens with zero attached hydrogens (tertiary/aromatic N) is 3. The second kappa shape index (κ2) is 11.1. The summed E-state index contributed by atoms with van der Waals surface area (Å²) in [4.78, 5) is 24.3. The highest BCUT2D eigenvalue weighted by Gasteiger charge is 2.32. The first kappa shape index (κ1) is 27.4. The number of halogens is 3. The number of amides is 1. The molecule has 208 valence electrons. The fraction of sp³-hybridized carbons (Fsp3) is 0.300. The van der Waals surface area contributed by atoms with Gasteiger partial charge in [-0.05, 0) is 79.0 Å². The highest BCUT2D eigenvalue weighted by atomic mass is 19.4. The molecular formula is C30H30F3N5O2. The summed E-state index contributed by atoms with van der Waals surface area (Å²) in [7, 11) is 1.75. The molecule has 1 amide bonds. The van der Waals surface area contributed by atoms with Crippen LogP contribution in [0.5, 0.6) is 5.75 Å². The van der Waals surface area contributed by atoms with Crippen molar-refractivity contribution in [3.63, 3.8) is 0 Å². The molecular weight excluding hydrogens is 519 g/mol. The molecule has 4 aromatic rings. The minimum Gasteiger partial charge on any atom is -0.487 e. The Kier molecular flexibility index (Phi) is 7.62. The molecule has 1 unspecified atom stereocenters. The van der Waals surface area contributed by atoms with Gasteiger partial charge >= 0.3 is 6.18 Å². The number of likely N-dealkylation sites (N-methyl/N-ethyl adjacent to an activating group) is 1. The van der Waals surface area contributed by atoms with Crippen LogP contribution in [0.2, 0.25) is 0 Å². The van der Waals surface area contributed by atoms with Gasteiger partial charge in [0.15, 0.2) is 0 Å². The molecule has 3 aromatic carbocycles. The van der Waals surface area contributed by atoms with Gasteiger partial charge in [0.05, 0.1) is 16.8 Å². The van der Waals surface area contributed by atoms with Gasteiger partial charge in [0.25, 0.3) is 5.91 Å². The smallest absolute Gasteiger partial charge is 0.416 e. The van der Waals surface area contributed by atoms with Crippen molar-refractivity contribution >= 4 is 28.4 Å². The molecule has 1 aliphatic rings. The van der Waals surface area contributed by atoms with Crippen LogP contribution in [-0.4, -0.2) is 53.6 Å². The van der Waals surface area contributed by atoms with E-state index in [-0.39, 0.29) is 17.5 Å². The number of fused-ring (bicyclic) bond motifs is 1. The predicted molar refractivity (Wildman–Crippen MR) is 150 cm³/mol. The molecule has 1 aromatic heterocycles. The molecule has 0 saturated carbocycles. The van der Waals surface area contributed by atoms with E-state index in [0.29, 0.717) is 18.1 Å². The number of ether oxygens (including phenoxy) is 1. The molecule has 1 aliphatic heterocycles. The number of rotatable bonds is 7. The van der Waals surface area contributed by atoms with Crippen LogP contribution in [-0.2, 0) is 6.18 Å². The monoisotopic (exact) mass is 549 g/mol. The number of carbonyl (C=O) groups is 1. The van der Waals surface area contributed by atoms with Gasteiger partial charge in [0, 0.05) is 37.3 Å².